The van der Waals surface area contributed by atoms with Gasteiger partial charge in [0.05, 0.1) is 12.2 Å². The number of aliphatic hydroxyl groups is 2. The summed E-state index contributed by atoms with van der Waals surface area (Å²) in [4.78, 5) is 10.3. The van der Waals surface area contributed by atoms with Crippen LogP contribution in [-0.2, 0) is 4.79 Å². The fourth-order valence-electron chi connectivity index (χ4n) is 2.12. The third-order valence-corrected chi connectivity index (χ3v) is 3.61. The van der Waals surface area contributed by atoms with Crippen LogP contribution < -0.4 is 0 Å². The van der Waals surface area contributed by atoms with Gasteiger partial charge in [0.25, 0.3) is 0 Å². The van der Waals surface area contributed by atoms with Crippen molar-refractivity contribution in [3.63, 3.8) is 0 Å². The minimum Gasteiger partial charge on any atom is -0.481 e. The van der Waals surface area contributed by atoms with E-state index in [2.05, 4.69) is 6.92 Å². The fraction of sp³-hybridized carbons (Fsp3) is 0.500. The van der Waals surface area contributed by atoms with E-state index in [1.54, 1.807) is 18.2 Å². The normalized spacial score (nSPS) is 15.2. The predicted octanol–water partition coefficient (Wildman–Crippen LogP) is 4.71. The third-order valence-electron chi connectivity index (χ3n) is 3.61. The van der Waals surface area contributed by atoms with Gasteiger partial charge in [-0.3, -0.25) is 4.79 Å². The zero-order chi connectivity index (χ0) is 19.5. The summed E-state index contributed by atoms with van der Waals surface area (Å²) in [6.07, 6.45) is 23.6. The molecule has 0 aromatic heterocycles. The van der Waals surface area contributed by atoms with Crippen LogP contribution in [0.15, 0.2) is 60.8 Å². The van der Waals surface area contributed by atoms with Crippen LogP contribution in [0, 0.1) is 0 Å². The van der Waals surface area contributed by atoms with Crippen molar-refractivity contribution in [3.8, 4) is 0 Å². The number of carboxylic acids is 1. The van der Waals surface area contributed by atoms with E-state index < -0.39 is 12.1 Å². The quantitative estimate of drug-likeness (QED) is 0.224. The van der Waals surface area contributed by atoms with E-state index in [0.29, 0.717) is 12.8 Å². The highest BCUT2D eigenvalue weighted by Gasteiger charge is 1.96. The van der Waals surface area contributed by atoms with E-state index in [0.717, 1.165) is 32.1 Å². The minimum atomic E-state index is -0.784. The van der Waals surface area contributed by atoms with Gasteiger partial charge in [-0.2, -0.15) is 0 Å². The maximum atomic E-state index is 10.3. The number of unbranched alkanes of at least 4 members (excludes halogenated alkanes) is 2. The van der Waals surface area contributed by atoms with Crippen LogP contribution >= 0.6 is 0 Å². The molecule has 2 unspecified atom stereocenters. The standard InChI is InChI=1S/C22H34O4/c1-2-3-10-15-20(23)17-12-8-9-13-18-21(24)16-11-6-4-5-7-14-19-22(25)26/h5-9,11-13,17-18,20-21,23-24H,2-4,10,14-16,19H2,1H3,(H,25,26)/b7-5+,9-8+,11-6+,17-12+,18-13+. The van der Waals surface area contributed by atoms with Gasteiger partial charge in [-0.1, -0.05) is 86.9 Å². The van der Waals surface area contributed by atoms with Crippen molar-refractivity contribution in [2.75, 3.05) is 0 Å². The number of rotatable bonds is 15. The van der Waals surface area contributed by atoms with Gasteiger partial charge in [0, 0.05) is 6.42 Å². The van der Waals surface area contributed by atoms with Crippen LogP contribution in [-0.4, -0.2) is 33.5 Å². The molecular formula is C22H34O4. The molecule has 0 bridgehead atoms. The molecule has 0 fully saturated rings. The second-order valence-electron chi connectivity index (χ2n) is 6.13. The highest BCUT2D eigenvalue weighted by molar-refractivity contribution is 5.66. The summed E-state index contributed by atoms with van der Waals surface area (Å²) in [5.74, 6) is -0.784. The molecule has 2 atom stereocenters. The van der Waals surface area contributed by atoms with Gasteiger partial charge in [0.2, 0.25) is 0 Å². The number of carboxylic acid groups (broad SMARTS) is 1. The second-order valence-corrected chi connectivity index (χ2v) is 6.13. The number of hydrogen-bond acceptors (Lipinski definition) is 3. The van der Waals surface area contributed by atoms with Gasteiger partial charge in [-0.25, -0.2) is 0 Å². The zero-order valence-corrected chi connectivity index (χ0v) is 15.8. The minimum absolute atomic E-state index is 0.157. The van der Waals surface area contributed by atoms with Gasteiger partial charge >= 0.3 is 5.97 Å². The Kier molecular flexibility index (Phi) is 16.6. The molecular weight excluding hydrogens is 328 g/mol. The molecule has 0 amide bonds. The van der Waals surface area contributed by atoms with Gasteiger partial charge in [-0.15, -0.1) is 0 Å². The molecule has 0 heterocycles. The molecule has 0 aliphatic carbocycles. The average Bonchev–Trinajstić information content (AvgIpc) is 2.60. The third kappa shape index (κ3) is 18.4. The lowest BCUT2D eigenvalue weighted by atomic mass is 10.1. The first kappa shape index (κ1) is 24.1. The Labute approximate surface area is 157 Å². The van der Waals surface area contributed by atoms with E-state index in [9.17, 15) is 15.0 Å². The fourth-order valence-corrected chi connectivity index (χ4v) is 2.12. The van der Waals surface area contributed by atoms with E-state index in [1.807, 2.05) is 42.5 Å². The predicted molar refractivity (Wildman–Crippen MR) is 108 cm³/mol. The van der Waals surface area contributed by atoms with Crippen molar-refractivity contribution in [2.24, 2.45) is 0 Å². The number of carbonyl (C=O) groups is 1. The number of aliphatic carboxylic acids is 1. The summed E-state index contributed by atoms with van der Waals surface area (Å²) in [6, 6.07) is 0. The van der Waals surface area contributed by atoms with Crippen molar-refractivity contribution in [1.82, 2.24) is 0 Å². The summed E-state index contributed by atoms with van der Waals surface area (Å²) in [5, 5.41) is 28.0. The molecule has 4 nitrogen and oxygen atoms in total. The molecule has 0 aliphatic rings. The van der Waals surface area contributed by atoms with E-state index in [4.69, 9.17) is 5.11 Å². The number of aliphatic hydroxyl groups excluding tert-OH is 2. The van der Waals surface area contributed by atoms with Gasteiger partial charge in [0.1, 0.15) is 0 Å². The molecule has 0 saturated carbocycles. The summed E-state index contributed by atoms with van der Waals surface area (Å²) in [5.41, 5.74) is 0. The molecule has 3 N–H and O–H groups in total. The molecule has 0 rings (SSSR count). The van der Waals surface area contributed by atoms with Crippen LogP contribution in [0.1, 0.15) is 58.3 Å². The van der Waals surface area contributed by atoms with E-state index in [1.165, 1.54) is 0 Å². The van der Waals surface area contributed by atoms with Crippen LogP contribution in [0.25, 0.3) is 0 Å². The lowest BCUT2D eigenvalue weighted by molar-refractivity contribution is -0.136. The van der Waals surface area contributed by atoms with Crippen LogP contribution in [0.3, 0.4) is 0 Å². The molecule has 4 heteroatoms. The monoisotopic (exact) mass is 362 g/mol. The Morgan fingerprint density at radius 2 is 1.54 bits per heavy atom. The smallest absolute Gasteiger partial charge is 0.303 e. The first-order chi connectivity index (χ1) is 12.6. The van der Waals surface area contributed by atoms with Crippen molar-refractivity contribution < 1.29 is 20.1 Å². The summed E-state index contributed by atoms with van der Waals surface area (Å²) >= 11 is 0. The summed E-state index contributed by atoms with van der Waals surface area (Å²) in [7, 11) is 0. The Morgan fingerprint density at radius 1 is 0.885 bits per heavy atom. The lowest BCUT2D eigenvalue weighted by Gasteiger charge is -2.02. The maximum absolute atomic E-state index is 10.3. The highest BCUT2D eigenvalue weighted by Crippen LogP contribution is 2.04. The molecule has 0 aliphatic heterocycles. The Morgan fingerprint density at radius 3 is 2.19 bits per heavy atom. The number of hydrogen-bond donors (Lipinski definition) is 3. The van der Waals surface area contributed by atoms with Crippen molar-refractivity contribution in [2.45, 2.75) is 70.5 Å². The zero-order valence-electron chi connectivity index (χ0n) is 15.8. The first-order valence-corrected chi connectivity index (χ1v) is 9.45. The van der Waals surface area contributed by atoms with Gasteiger partial charge in [-0.05, 0) is 25.7 Å². The topological polar surface area (TPSA) is 77.8 Å². The lowest BCUT2D eigenvalue weighted by Crippen LogP contribution is -2.00. The number of allylic oxidation sites excluding steroid dienone is 7. The molecule has 146 valence electrons. The van der Waals surface area contributed by atoms with Crippen LogP contribution in [0.4, 0.5) is 0 Å². The highest BCUT2D eigenvalue weighted by atomic mass is 16.4. The first-order valence-electron chi connectivity index (χ1n) is 9.45. The largest absolute Gasteiger partial charge is 0.481 e. The average molecular weight is 363 g/mol. The Bertz CT molecular complexity index is 486. The molecule has 0 aromatic carbocycles. The summed E-state index contributed by atoms with van der Waals surface area (Å²) in [6.45, 7) is 2.14. The van der Waals surface area contributed by atoms with Crippen LogP contribution in [0.5, 0.6) is 0 Å². The van der Waals surface area contributed by atoms with Crippen molar-refractivity contribution in [3.05, 3.63) is 60.8 Å². The molecule has 0 aromatic rings. The van der Waals surface area contributed by atoms with Crippen molar-refractivity contribution in [1.29, 1.82) is 0 Å². The van der Waals surface area contributed by atoms with E-state index >= 15 is 0 Å². The Balaban J connectivity index is 3.82. The molecule has 0 saturated heterocycles. The molecule has 26 heavy (non-hydrogen) atoms. The van der Waals surface area contributed by atoms with E-state index in [-0.39, 0.29) is 12.5 Å². The summed E-state index contributed by atoms with van der Waals surface area (Å²) < 4.78 is 0. The molecule has 0 spiro atoms. The SMILES string of the molecule is CCCCCC(O)/C=C/C=C/C=C/C(O)C/C=C/C/C=C/CCC(=O)O. The molecule has 0 radical (unpaired) electrons. The van der Waals surface area contributed by atoms with Crippen LogP contribution in [0.2, 0.25) is 0 Å². The maximum Gasteiger partial charge on any atom is 0.303 e. The van der Waals surface area contributed by atoms with Gasteiger partial charge < -0.3 is 15.3 Å². The Hall–Kier alpha value is -1.91. The second kappa shape index (κ2) is 17.9. The van der Waals surface area contributed by atoms with Gasteiger partial charge in [0.15, 0.2) is 0 Å². The van der Waals surface area contributed by atoms with Crippen molar-refractivity contribution >= 4 is 5.97 Å².